The number of amides is 3. The average molecular weight is 413 g/mol. The van der Waals surface area contributed by atoms with Crippen molar-refractivity contribution >= 4 is 35.8 Å². The van der Waals surface area contributed by atoms with Gasteiger partial charge in [-0.3, -0.25) is 14.4 Å². The number of rotatable bonds is 6. The van der Waals surface area contributed by atoms with E-state index in [-0.39, 0.29) is 48.4 Å². The molecule has 1 heterocycles. The second kappa shape index (κ2) is 9.34. The van der Waals surface area contributed by atoms with Gasteiger partial charge in [0.05, 0.1) is 11.1 Å². The molecule has 1 aliphatic carbocycles. The van der Waals surface area contributed by atoms with Gasteiger partial charge in [-0.1, -0.05) is 12.8 Å². The van der Waals surface area contributed by atoms with Crippen molar-refractivity contribution < 1.29 is 18.8 Å². The molecular formula is C19H26ClFN4O3. The molecule has 3 rings (SSSR count). The van der Waals surface area contributed by atoms with E-state index in [0.29, 0.717) is 6.54 Å². The maximum atomic E-state index is 14.2. The van der Waals surface area contributed by atoms with Crippen LogP contribution in [-0.2, 0) is 9.59 Å². The van der Waals surface area contributed by atoms with Crippen LogP contribution in [-0.4, -0.2) is 37.4 Å². The molecular weight excluding hydrogens is 387 g/mol. The Morgan fingerprint density at radius 2 is 2.07 bits per heavy atom. The first kappa shape index (κ1) is 22.1. The summed E-state index contributed by atoms with van der Waals surface area (Å²) in [6.07, 6.45) is 3.89. The van der Waals surface area contributed by atoms with Gasteiger partial charge in [0.1, 0.15) is 5.82 Å². The van der Waals surface area contributed by atoms with Crippen molar-refractivity contribution in [1.82, 2.24) is 10.6 Å². The number of hydrogen-bond donors (Lipinski definition) is 4. The number of carbonyl (C=O) groups excluding carboxylic acids is 3. The Kier molecular flexibility index (Phi) is 7.37. The molecule has 1 saturated carbocycles. The molecule has 28 heavy (non-hydrogen) atoms. The minimum Gasteiger partial charge on any atom is -0.370 e. The normalized spacial score (nSPS) is 23.2. The van der Waals surface area contributed by atoms with Crippen LogP contribution in [0.1, 0.15) is 42.5 Å². The summed E-state index contributed by atoms with van der Waals surface area (Å²) in [6, 6.07) is 3.81. The summed E-state index contributed by atoms with van der Waals surface area (Å²) in [5, 5.41) is 8.54. The van der Waals surface area contributed by atoms with Gasteiger partial charge in [-0.15, -0.1) is 12.4 Å². The molecule has 0 radical (unpaired) electrons. The van der Waals surface area contributed by atoms with Gasteiger partial charge in [0.25, 0.3) is 5.91 Å². The largest absolute Gasteiger partial charge is 0.370 e. The Morgan fingerprint density at radius 3 is 2.82 bits per heavy atom. The quantitative estimate of drug-likeness (QED) is 0.568. The van der Waals surface area contributed by atoms with Crippen molar-refractivity contribution in [2.24, 2.45) is 17.1 Å². The highest BCUT2D eigenvalue weighted by atomic mass is 35.5. The van der Waals surface area contributed by atoms with Crippen molar-refractivity contribution in [3.8, 4) is 0 Å². The van der Waals surface area contributed by atoms with E-state index in [0.717, 1.165) is 38.3 Å². The fourth-order valence-corrected chi connectivity index (χ4v) is 4.10. The Labute approximate surface area is 169 Å². The molecule has 0 spiro atoms. The summed E-state index contributed by atoms with van der Waals surface area (Å²) in [7, 11) is 0. The SMILES string of the molecule is Cl.NC(=O)CCNC(=O)c1ccc(F)c(NC(=O)[C@@]23CCCC[C@H]2CNC3)c1. The van der Waals surface area contributed by atoms with Crippen LogP contribution < -0.4 is 21.7 Å². The highest BCUT2D eigenvalue weighted by Crippen LogP contribution is 2.44. The van der Waals surface area contributed by atoms with Crippen LogP contribution in [0.5, 0.6) is 0 Å². The minimum absolute atomic E-state index is 0. The molecule has 5 N–H and O–H groups in total. The summed E-state index contributed by atoms with van der Waals surface area (Å²) < 4.78 is 14.2. The van der Waals surface area contributed by atoms with Gasteiger partial charge >= 0.3 is 0 Å². The number of carbonyl (C=O) groups is 3. The summed E-state index contributed by atoms with van der Waals surface area (Å²) in [5.41, 5.74) is 4.73. The maximum absolute atomic E-state index is 14.2. The van der Waals surface area contributed by atoms with Crippen molar-refractivity contribution in [1.29, 1.82) is 0 Å². The third-order valence-electron chi connectivity index (χ3n) is 5.62. The molecule has 0 aromatic heterocycles. The predicted octanol–water partition coefficient (Wildman–Crippen LogP) is 1.57. The van der Waals surface area contributed by atoms with Crippen molar-refractivity contribution in [2.75, 3.05) is 25.0 Å². The number of anilines is 1. The molecule has 0 bridgehead atoms. The summed E-state index contributed by atoms with van der Waals surface area (Å²) >= 11 is 0. The number of primary amides is 1. The number of hydrogen-bond acceptors (Lipinski definition) is 4. The summed E-state index contributed by atoms with van der Waals surface area (Å²) in [6.45, 7) is 1.50. The molecule has 1 aromatic rings. The molecule has 2 atom stereocenters. The fourth-order valence-electron chi connectivity index (χ4n) is 4.10. The molecule has 0 unspecified atom stereocenters. The fraction of sp³-hybridized carbons (Fsp3) is 0.526. The van der Waals surface area contributed by atoms with Gasteiger partial charge in [-0.2, -0.15) is 0 Å². The molecule has 1 saturated heterocycles. The van der Waals surface area contributed by atoms with E-state index >= 15 is 0 Å². The van der Waals surface area contributed by atoms with Gasteiger partial charge < -0.3 is 21.7 Å². The Bertz CT molecular complexity index is 761. The van der Waals surface area contributed by atoms with Crippen LogP contribution in [0.4, 0.5) is 10.1 Å². The number of nitrogens with two attached hydrogens (primary N) is 1. The van der Waals surface area contributed by atoms with Gasteiger partial charge in [-0.05, 0) is 43.5 Å². The van der Waals surface area contributed by atoms with Crippen molar-refractivity contribution in [3.63, 3.8) is 0 Å². The molecule has 9 heteroatoms. The van der Waals surface area contributed by atoms with Gasteiger partial charge in [-0.25, -0.2) is 4.39 Å². The predicted molar refractivity (Wildman–Crippen MR) is 106 cm³/mol. The average Bonchev–Trinajstić information content (AvgIpc) is 3.08. The molecule has 3 amide bonds. The van der Waals surface area contributed by atoms with E-state index in [1.54, 1.807) is 0 Å². The molecule has 2 fully saturated rings. The van der Waals surface area contributed by atoms with Gasteiger partial charge in [0.15, 0.2) is 0 Å². The zero-order valence-corrected chi connectivity index (χ0v) is 16.4. The first-order valence-corrected chi connectivity index (χ1v) is 9.30. The maximum Gasteiger partial charge on any atom is 0.251 e. The van der Waals surface area contributed by atoms with Crippen LogP contribution in [0.3, 0.4) is 0 Å². The molecule has 2 aliphatic rings. The lowest BCUT2D eigenvalue weighted by molar-refractivity contribution is -0.128. The van der Waals surface area contributed by atoms with Crippen LogP contribution in [0.2, 0.25) is 0 Å². The van der Waals surface area contributed by atoms with Crippen molar-refractivity contribution in [3.05, 3.63) is 29.6 Å². The van der Waals surface area contributed by atoms with E-state index in [1.165, 1.54) is 12.1 Å². The summed E-state index contributed by atoms with van der Waals surface area (Å²) in [4.78, 5) is 35.9. The van der Waals surface area contributed by atoms with E-state index in [1.807, 2.05) is 0 Å². The number of halogens is 2. The Morgan fingerprint density at radius 1 is 1.29 bits per heavy atom. The second-order valence-corrected chi connectivity index (χ2v) is 7.35. The topological polar surface area (TPSA) is 113 Å². The lowest BCUT2D eigenvalue weighted by Gasteiger charge is -2.37. The molecule has 7 nitrogen and oxygen atoms in total. The molecule has 154 valence electrons. The number of benzene rings is 1. The van der Waals surface area contributed by atoms with Gasteiger partial charge in [0.2, 0.25) is 11.8 Å². The Hall–Kier alpha value is -2.19. The van der Waals surface area contributed by atoms with Crippen LogP contribution >= 0.6 is 12.4 Å². The number of fused-ring (bicyclic) bond motifs is 1. The van der Waals surface area contributed by atoms with Crippen LogP contribution in [0.25, 0.3) is 0 Å². The standard InChI is InChI=1S/C19H25FN4O3.ClH/c20-14-5-4-12(17(26)23-8-6-16(21)25)9-15(14)24-18(27)19-7-2-1-3-13(19)10-22-11-19;/h4-5,9,13,22H,1-3,6-8,10-11H2,(H2,21,25)(H,23,26)(H,24,27);1H/t13-,19+;/m0./s1. The van der Waals surface area contributed by atoms with E-state index in [4.69, 9.17) is 5.73 Å². The smallest absolute Gasteiger partial charge is 0.251 e. The van der Waals surface area contributed by atoms with E-state index < -0.39 is 23.0 Å². The second-order valence-electron chi connectivity index (χ2n) is 7.35. The third kappa shape index (κ3) is 4.62. The van der Waals surface area contributed by atoms with Crippen LogP contribution in [0.15, 0.2) is 18.2 Å². The monoisotopic (exact) mass is 412 g/mol. The minimum atomic E-state index is -0.591. The third-order valence-corrected chi connectivity index (χ3v) is 5.62. The van der Waals surface area contributed by atoms with E-state index in [9.17, 15) is 18.8 Å². The first-order valence-electron chi connectivity index (χ1n) is 9.30. The van der Waals surface area contributed by atoms with E-state index in [2.05, 4.69) is 16.0 Å². The van der Waals surface area contributed by atoms with Gasteiger partial charge in [0, 0.05) is 25.1 Å². The lowest BCUT2D eigenvalue weighted by Crippen LogP contribution is -2.44. The molecule has 1 aliphatic heterocycles. The highest BCUT2D eigenvalue weighted by molar-refractivity contribution is 5.99. The lowest BCUT2D eigenvalue weighted by atomic mass is 9.67. The zero-order valence-electron chi connectivity index (χ0n) is 15.6. The first-order chi connectivity index (χ1) is 12.9. The Balaban J connectivity index is 0.00000280. The van der Waals surface area contributed by atoms with Crippen LogP contribution in [0, 0.1) is 17.2 Å². The zero-order chi connectivity index (χ0) is 19.4. The summed E-state index contributed by atoms with van der Waals surface area (Å²) in [5.74, 6) is -1.50. The molecule has 1 aromatic carbocycles. The van der Waals surface area contributed by atoms with Crippen molar-refractivity contribution in [2.45, 2.75) is 32.1 Å². The highest BCUT2D eigenvalue weighted by Gasteiger charge is 2.49. The number of nitrogens with one attached hydrogen (secondary N) is 3.